The number of hydrogen-bond acceptors (Lipinski definition) is 2. The average molecular weight is 239 g/mol. The van der Waals surface area contributed by atoms with Gasteiger partial charge in [0.1, 0.15) is 0 Å². The van der Waals surface area contributed by atoms with E-state index in [2.05, 4.69) is 18.2 Å². The summed E-state index contributed by atoms with van der Waals surface area (Å²) in [6.45, 7) is 5.88. The summed E-state index contributed by atoms with van der Waals surface area (Å²) in [6, 6.07) is 11.5. The third-order valence-electron chi connectivity index (χ3n) is 3.24. The van der Waals surface area contributed by atoms with Gasteiger partial charge in [0.15, 0.2) is 0 Å². The molecule has 0 aliphatic rings. The first-order valence-corrected chi connectivity index (χ1v) is 5.89. The molecule has 0 bridgehead atoms. The van der Waals surface area contributed by atoms with Crippen molar-refractivity contribution >= 4 is 5.97 Å². The zero-order chi connectivity index (χ0) is 13.3. The van der Waals surface area contributed by atoms with E-state index in [1.54, 1.807) is 12.1 Å². The van der Waals surface area contributed by atoms with Gasteiger partial charge < -0.3 is 9.90 Å². The van der Waals surface area contributed by atoms with Crippen LogP contribution < -0.4 is 5.11 Å². The molecule has 0 unspecified atom stereocenters. The molecule has 18 heavy (non-hydrogen) atoms. The summed E-state index contributed by atoms with van der Waals surface area (Å²) in [4.78, 5) is 11.0. The molecule has 0 fully saturated rings. The number of aryl methyl sites for hydroxylation is 2. The first-order chi connectivity index (χ1) is 8.50. The Labute approximate surface area is 107 Å². The van der Waals surface area contributed by atoms with E-state index in [0.717, 1.165) is 27.8 Å². The quantitative estimate of drug-likeness (QED) is 0.808. The van der Waals surface area contributed by atoms with Crippen molar-refractivity contribution in [3.8, 4) is 11.1 Å². The van der Waals surface area contributed by atoms with E-state index in [4.69, 9.17) is 0 Å². The molecule has 2 aromatic carbocycles. The highest BCUT2D eigenvalue weighted by atomic mass is 16.4. The summed E-state index contributed by atoms with van der Waals surface area (Å²) in [6.07, 6.45) is 0. The number of carbonyl (C=O) groups is 1. The van der Waals surface area contributed by atoms with Crippen LogP contribution in [0.25, 0.3) is 11.1 Å². The zero-order valence-electron chi connectivity index (χ0n) is 10.8. The van der Waals surface area contributed by atoms with Crippen molar-refractivity contribution < 1.29 is 9.90 Å². The summed E-state index contributed by atoms with van der Waals surface area (Å²) in [5.74, 6) is -1.13. The first kappa shape index (κ1) is 12.4. The van der Waals surface area contributed by atoms with Crippen LogP contribution in [-0.2, 0) is 0 Å². The predicted molar refractivity (Wildman–Crippen MR) is 70.4 cm³/mol. The van der Waals surface area contributed by atoms with Gasteiger partial charge in [-0.15, -0.1) is 0 Å². The maximum Gasteiger partial charge on any atom is 0.0718 e. The third kappa shape index (κ3) is 2.14. The zero-order valence-corrected chi connectivity index (χ0v) is 10.8. The molecule has 92 valence electrons. The summed E-state index contributed by atoms with van der Waals surface area (Å²) in [7, 11) is 0. The monoisotopic (exact) mass is 239 g/mol. The second-order valence-corrected chi connectivity index (χ2v) is 4.58. The van der Waals surface area contributed by atoms with E-state index in [1.165, 1.54) is 0 Å². The lowest BCUT2D eigenvalue weighted by molar-refractivity contribution is -0.255. The van der Waals surface area contributed by atoms with Crippen molar-refractivity contribution in [2.45, 2.75) is 20.8 Å². The van der Waals surface area contributed by atoms with Crippen molar-refractivity contribution in [1.29, 1.82) is 0 Å². The fraction of sp³-hybridized carbons (Fsp3) is 0.188. The van der Waals surface area contributed by atoms with Crippen molar-refractivity contribution in [3.05, 3.63) is 58.7 Å². The summed E-state index contributed by atoms with van der Waals surface area (Å²) in [5, 5.41) is 11.0. The molecule has 0 saturated carbocycles. The molecular weight excluding hydrogens is 224 g/mol. The fourth-order valence-electron chi connectivity index (χ4n) is 2.17. The van der Waals surface area contributed by atoms with Gasteiger partial charge in [0.05, 0.1) is 5.97 Å². The molecule has 2 heteroatoms. The standard InChI is InChI=1S/C16H16O2/c1-10-7-8-11(2)15(9-10)13-5-4-6-14(12(13)3)16(17)18/h4-9H,1-3H3,(H,17,18)/p-1. The van der Waals surface area contributed by atoms with Gasteiger partial charge in [-0.25, -0.2) is 0 Å². The van der Waals surface area contributed by atoms with Gasteiger partial charge in [0.2, 0.25) is 0 Å². The van der Waals surface area contributed by atoms with Gasteiger partial charge >= 0.3 is 0 Å². The number of carboxylic acid groups (broad SMARTS) is 1. The predicted octanol–water partition coefficient (Wildman–Crippen LogP) is 2.64. The smallest absolute Gasteiger partial charge is 0.0718 e. The summed E-state index contributed by atoms with van der Waals surface area (Å²) < 4.78 is 0. The average Bonchev–Trinajstić information content (AvgIpc) is 2.32. The summed E-state index contributed by atoms with van der Waals surface area (Å²) >= 11 is 0. The van der Waals surface area contributed by atoms with Crippen LogP contribution in [0.1, 0.15) is 27.0 Å². The molecule has 2 aromatic rings. The van der Waals surface area contributed by atoms with Gasteiger partial charge in [-0.3, -0.25) is 0 Å². The minimum atomic E-state index is -1.13. The van der Waals surface area contributed by atoms with Crippen LogP contribution in [-0.4, -0.2) is 5.97 Å². The number of carboxylic acids is 1. The normalized spacial score (nSPS) is 10.4. The van der Waals surface area contributed by atoms with Crippen LogP contribution in [0.5, 0.6) is 0 Å². The van der Waals surface area contributed by atoms with Crippen molar-refractivity contribution in [1.82, 2.24) is 0 Å². The van der Waals surface area contributed by atoms with Crippen LogP contribution in [0.3, 0.4) is 0 Å². The van der Waals surface area contributed by atoms with Gasteiger partial charge in [0.25, 0.3) is 0 Å². The Kier molecular flexibility index (Phi) is 3.19. The number of hydrogen-bond donors (Lipinski definition) is 0. The Morgan fingerprint density at radius 3 is 2.39 bits per heavy atom. The Bertz CT molecular complexity index is 612. The van der Waals surface area contributed by atoms with Gasteiger partial charge in [-0.2, -0.15) is 0 Å². The van der Waals surface area contributed by atoms with Gasteiger partial charge in [0, 0.05) is 5.56 Å². The van der Waals surface area contributed by atoms with Gasteiger partial charge in [-0.1, -0.05) is 42.0 Å². The number of aromatic carboxylic acids is 1. The molecule has 0 spiro atoms. The molecule has 0 aromatic heterocycles. The Balaban J connectivity index is 2.68. The van der Waals surface area contributed by atoms with E-state index in [1.807, 2.05) is 26.8 Å². The second-order valence-electron chi connectivity index (χ2n) is 4.58. The Morgan fingerprint density at radius 2 is 1.72 bits per heavy atom. The molecule has 0 radical (unpaired) electrons. The largest absolute Gasteiger partial charge is 0.545 e. The highest BCUT2D eigenvalue weighted by Gasteiger charge is 2.09. The van der Waals surface area contributed by atoms with Crippen LogP contribution in [0, 0.1) is 20.8 Å². The van der Waals surface area contributed by atoms with Crippen molar-refractivity contribution in [2.75, 3.05) is 0 Å². The molecule has 0 amide bonds. The molecule has 0 aliphatic heterocycles. The second kappa shape index (κ2) is 4.65. The van der Waals surface area contributed by atoms with E-state index in [0.29, 0.717) is 0 Å². The minimum Gasteiger partial charge on any atom is -0.545 e. The van der Waals surface area contributed by atoms with E-state index >= 15 is 0 Å². The molecule has 0 aliphatic carbocycles. The Morgan fingerprint density at radius 1 is 1.00 bits per heavy atom. The SMILES string of the molecule is Cc1ccc(C)c(-c2cccc(C(=O)[O-])c2C)c1. The summed E-state index contributed by atoms with van der Waals surface area (Å²) in [5.41, 5.74) is 5.35. The molecule has 0 atom stereocenters. The molecule has 0 heterocycles. The minimum absolute atomic E-state index is 0.258. The van der Waals surface area contributed by atoms with Crippen molar-refractivity contribution in [2.24, 2.45) is 0 Å². The maximum atomic E-state index is 11.0. The maximum absolute atomic E-state index is 11.0. The van der Waals surface area contributed by atoms with E-state index in [-0.39, 0.29) is 5.56 Å². The third-order valence-corrected chi connectivity index (χ3v) is 3.24. The molecule has 2 rings (SSSR count). The van der Waals surface area contributed by atoms with E-state index in [9.17, 15) is 9.90 Å². The lowest BCUT2D eigenvalue weighted by Crippen LogP contribution is -2.23. The van der Waals surface area contributed by atoms with E-state index < -0.39 is 5.97 Å². The Hall–Kier alpha value is -2.09. The lowest BCUT2D eigenvalue weighted by atomic mass is 9.92. The molecule has 0 N–H and O–H groups in total. The molecule has 2 nitrogen and oxygen atoms in total. The fourth-order valence-corrected chi connectivity index (χ4v) is 2.17. The highest BCUT2D eigenvalue weighted by Crippen LogP contribution is 2.29. The van der Waals surface area contributed by atoms with Crippen LogP contribution in [0.2, 0.25) is 0 Å². The van der Waals surface area contributed by atoms with Crippen LogP contribution in [0.4, 0.5) is 0 Å². The number of benzene rings is 2. The molecule has 0 saturated heterocycles. The number of rotatable bonds is 2. The molecular formula is C16H15O2-. The topological polar surface area (TPSA) is 40.1 Å². The lowest BCUT2D eigenvalue weighted by Gasteiger charge is -2.14. The highest BCUT2D eigenvalue weighted by molar-refractivity contribution is 5.90. The van der Waals surface area contributed by atoms with Gasteiger partial charge in [-0.05, 0) is 43.0 Å². The van der Waals surface area contributed by atoms with Crippen LogP contribution >= 0.6 is 0 Å². The first-order valence-electron chi connectivity index (χ1n) is 5.89. The van der Waals surface area contributed by atoms with Crippen molar-refractivity contribution in [3.63, 3.8) is 0 Å². The van der Waals surface area contributed by atoms with Crippen LogP contribution in [0.15, 0.2) is 36.4 Å². The number of carbonyl (C=O) groups excluding carboxylic acids is 1.